The van der Waals surface area contributed by atoms with Crippen LogP contribution in [0.15, 0.2) is 24.3 Å². The molecule has 1 aromatic carbocycles. The van der Waals surface area contributed by atoms with Crippen LogP contribution in [0, 0.1) is 0 Å². The van der Waals surface area contributed by atoms with Gasteiger partial charge in [0.1, 0.15) is 5.60 Å². The summed E-state index contributed by atoms with van der Waals surface area (Å²) in [5.74, 6) is 0. The summed E-state index contributed by atoms with van der Waals surface area (Å²) in [7, 11) is 0. The van der Waals surface area contributed by atoms with Crippen LogP contribution in [-0.4, -0.2) is 29.2 Å². The van der Waals surface area contributed by atoms with Gasteiger partial charge in [0.25, 0.3) is 0 Å². The van der Waals surface area contributed by atoms with Crippen molar-refractivity contribution in [3.05, 3.63) is 34.9 Å². The summed E-state index contributed by atoms with van der Waals surface area (Å²) in [6.45, 7) is 6.48. The maximum Gasteiger partial charge on any atom is 0.410 e. The van der Waals surface area contributed by atoms with Crippen LogP contribution >= 0.6 is 11.6 Å². The topological polar surface area (TPSA) is 29.5 Å². The van der Waals surface area contributed by atoms with Crippen molar-refractivity contribution in [1.29, 1.82) is 0 Å². The lowest BCUT2D eigenvalue weighted by molar-refractivity contribution is 0.0227. The van der Waals surface area contributed by atoms with E-state index in [4.69, 9.17) is 16.3 Å². The number of carbonyl (C=O) groups excluding carboxylic acids is 1. The highest BCUT2D eigenvalue weighted by Crippen LogP contribution is 2.24. The van der Waals surface area contributed by atoms with Crippen LogP contribution in [0.1, 0.15) is 39.2 Å². The second-order valence-electron chi connectivity index (χ2n) is 6.30. The van der Waals surface area contributed by atoms with Crippen LogP contribution in [0.2, 0.25) is 5.02 Å². The number of halogens is 1. The molecule has 20 heavy (non-hydrogen) atoms. The Kier molecular flexibility index (Phi) is 4.59. The number of carbonyl (C=O) groups is 1. The molecule has 0 saturated carbocycles. The van der Waals surface area contributed by atoms with Gasteiger partial charge in [-0.2, -0.15) is 0 Å². The average molecular weight is 296 g/mol. The second kappa shape index (κ2) is 6.04. The lowest BCUT2D eigenvalue weighted by Gasteiger charge is -2.28. The molecule has 0 N–H and O–H groups in total. The molecule has 0 bridgehead atoms. The zero-order chi connectivity index (χ0) is 14.8. The average Bonchev–Trinajstić information content (AvgIpc) is 2.78. The molecule has 0 spiro atoms. The van der Waals surface area contributed by atoms with Crippen molar-refractivity contribution in [3.63, 3.8) is 0 Å². The number of likely N-dealkylation sites (tertiary alicyclic amines) is 1. The Morgan fingerprint density at radius 3 is 2.60 bits per heavy atom. The predicted octanol–water partition coefficient (Wildman–Crippen LogP) is 4.28. The predicted molar refractivity (Wildman–Crippen MR) is 81.1 cm³/mol. The molecule has 4 heteroatoms. The fourth-order valence-corrected chi connectivity index (χ4v) is 2.63. The molecule has 110 valence electrons. The first-order chi connectivity index (χ1) is 9.35. The van der Waals surface area contributed by atoms with Crippen LogP contribution in [0.25, 0.3) is 0 Å². The van der Waals surface area contributed by atoms with Gasteiger partial charge in [0, 0.05) is 17.6 Å². The third-order valence-electron chi connectivity index (χ3n) is 3.39. The summed E-state index contributed by atoms with van der Waals surface area (Å²) in [5, 5.41) is 0.740. The first-order valence-corrected chi connectivity index (χ1v) is 7.47. The van der Waals surface area contributed by atoms with E-state index in [-0.39, 0.29) is 12.1 Å². The maximum absolute atomic E-state index is 12.2. The summed E-state index contributed by atoms with van der Waals surface area (Å²) in [4.78, 5) is 14.1. The molecule has 1 aliphatic rings. The van der Waals surface area contributed by atoms with Crippen LogP contribution in [0.4, 0.5) is 4.79 Å². The van der Waals surface area contributed by atoms with Crippen molar-refractivity contribution in [2.24, 2.45) is 0 Å². The van der Waals surface area contributed by atoms with Crippen molar-refractivity contribution in [2.45, 2.75) is 51.7 Å². The van der Waals surface area contributed by atoms with Gasteiger partial charge in [-0.3, -0.25) is 0 Å². The number of benzene rings is 1. The van der Waals surface area contributed by atoms with Crippen LogP contribution in [0.5, 0.6) is 0 Å². The molecule has 0 radical (unpaired) electrons. The van der Waals surface area contributed by atoms with Crippen molar-refractivity contribution in [3.8, 4) is 0 Å². The summed E-state index contributed by atoms with van der Waals surface area (Å²) in [5.41, 5.74) is 0.764. The highest BCUT2D eigenvalue weighted by atomic mass is 35.5. The molecule has 1 aliphatic heterocycles. The molecule has 1 aromatic rings. The zero-order valence-corrected chi connectivity index (χ0v) is 13.1. The van der Waals surface area contributed by atoms with Crippen molar-refractivity contribution in [1.82, 2.24) is 4.90 Å². The number of rotatable bonds is 2. The quantitative estimate of drug-likeness (QED) is 0.815. The van der Waals surface area contributed by atoms with E-state index in [0.717, 1.165) is 30.8 Å². The molecule has 1 amide bonds. The lowest BCUT2D eigenvalue weighted by atomic mass is 10.0. The fraction of sp³-hybridized carbons (Fsp3) is 0.562. The van der Waals surface area contributed by atoms with Crippen LogP contribution in [0.3, 0.4) is 0 Å². The van der Waals surface area contributed by atoms with E-state index in [1.807, 2.05) is 49.9 Å². The molecule has 1 atom stereocenters. The standard InChI is InChI=1S/C16H22ClNO2/c1-16(2,3)20-15(19)18-10-4-5-14(18)11-12-6-8-13(17)9-7-12/h6-9,14H,4-5,10-11H2,1-3H3/t14-/m0/s1. The van der Waals surface area contributed by atoms with Crippen molar-refractivity contribution < 1.29 is 9.53 Å². The SMILES string of the molecule is CC(C)(C)OC(=O)N1CCC[C@H]1Cc1ccc(Cl)cc1. The number of ether oxygens (including phenoxy) is 1. The van der Waals surface area contributed by atoms with Crippen LogP contribution < -0.4 is 0 Å². The molecule has 0 aliphatic carbocycles. The van der Waals surface area contributed by atoms with E-state index in [1.165, 1.54) is 5.56 Å². The highest BCUT2D eigenvalue weighted by Gasteiger charge is 2.31. The van der Waals surface area contributed by atoms with E-state index < -0.39 is 5.60 Å². The highest BCUT2D eigenvalue weighted by molar-refractivity contribution is 6.30. The molecule has 1 heterocycles. The van der Waals surface area contributed by atoms with Crippen molar-refractivity contribution >= 4 is 17.7 Å². The van der Waals surface area contributed by atoms with Gasteiger partial charge in [-0.05, 0) is 57.7 Å². The van der Waals surface area contributed by atoms with E-state index >= 15 is 0 Å². The van der Waals surface area contributed by atoms with Gasteiger partial charge in [-0.1, -0.05) is 23.7 Å². The monoisotopic (exact) mass is 295 g/mol. The summed E-state index contributed by atoms with van der Waals surface area (Å²) in [6.07, 6.45) is 2.73. The minimum Gasteiger partial charge on any atom is -0.444 e. The van der Waals surface area contributed by atoms with Gasteiger partial charge in [-0.15, -0.1) is 0 Å². The third-order valence-corrected chi connectivity index (χ3v) is 3.64. The van der Waals surface area contributed by atoms with E-state index in [2.05, 4.69) is 0 Å². The zero-order valence-electron chi connectivity index (χ0n) is 12.4. The van der Waals surface area contributed by atoms with Crippen molar-refractivity contribution in [2.75, 3.05) is 6.54 Å². The lowest BCUT2D eigenvalue weighted by Crippen LogP contribution is -2.40. The van der Waals surface area contributed by atoms with Gasteiger partial charge >= 0.3 is 6.09 Å². The van der Waals surface area contributed by atoms with E-state index in [0.29, 0.717) is 0 Å². The molecule has 1 fully saturated rings. The normalized spacial score (nSPS) is 19.2. The molecule has 3 nitrogen and oxygen atoms in total. The molecule has 2 rings (SSSR count). The molecule has 1 saturated heterocycles. The number of amides is 1. The number of hydrogen-bond acceptors (Lipinski definition) is 2. The van der Waals surface area contributed by atoms with E-state index in [9.17, 15) is 4.79 Å². The molecular weight excluding hydrogens is 274 g/mol. The van der Waals surface area contributed by atoms with E-state index in [1.54, 1.807) is 0 Å². The molecule has 0 unspecified atom stereocenters. The van der Waals surface area contributed by atoms with Gasteiger partial charge in [0.2, 0.25) is 0 Å². The number of hydrogen-bond donors (Lipinski definition) is 0. The Hall–Kier alpha value is -1.22. The Morgan fingerprint density at radius 1 is 1.35 bits per heavy atom. The summed E-state index contributed by atoms with van der Waals surface area (Å²) in [6, 6.07) is 8.06. The smallest absolute Gasteiger partial charge is 0.410 e. The minimum atomic E-state index is -0.440. The first kappa shape index (κ1) is 15.2. The summed E-state index contributed by atoms with van der Waals surface area (Å²) >= 11 is 5.90. The second-order valence-corrected chi connectivity index (χ2v) is 6.74. The maximum atomic E-state index is 12.2. The summed E-state index contributed by atoms with van der Waals surface area (Å²) < 4.78 is 5.47. The third kappa shape index (κ3) is 4.14. The van der Waals surface area contributed by atoms with Gasteiger partial charge < -0.3 is 9.64 Å². The van der Waals surface area contributed by atoms with Gasteiger partial charge in [-0.25, -0.2) is 4.79 Å². The number of nitrogens with zero attached hydrogens (tertiary/aromatic N) is 1. The molecule has 0 aromatic heterocycles. The Morgan fingerprint density at radius 2 is 2.00 bits per heavy atom. The van der Waals surface area contributed by atoms with Gasteiger partial charge in [0.15, 0.2) is 0 Å². The van der Waals surface area contributed by atoms with Crippen LogP contribution in [-0.2, 0) is 11.2 Å². The Labute approximate surface area is 125 Å². The first-order valence-electron chi connectivity index (χ1n) is 7.09. The fourth-order valence-electron chi connectivity index (χ4n) is 2.50. The largest absolute Gasteiger partial charge is 0.444 e. The van der Waals surface area contributed by atoms with Gasteiger partial charge in [0.05, 0.1) is 0 Å². The Balaban J connectivity index is 2.00. The molecular formula is C16H22ClNO2. The minimum absolute atomic E-state index is 0.200. The Bertz CT molecular complexity index is 464.